The molecule has 0 bridgehead atoms. The summed E-state index contributed by atoms with van der Waals surface area (Å²) in [7, 11) is 4.07. The number of amides is 1. The Morgan fingerprint density at radius 1 is 1.08 bits per heavy atom. The van der Waals surface area contributed by atoms with Crippen molar-refractivity contribution in [1.29, 1.82) is 0 Å². The van der Waals surface area contributed by atoms with Gasteiger partial charge in [-0.25, -0.2) is 0 Å². The van der Waals surface area contributed by atoms with Gasteiger partial charge in [0.2, 0.25) is 0 Å². The van der Waals surface area contributed by atoms with Gasteiger partial charge < -0.3 is 14.6 Å². The first-order valence-electron chi connectivity index (χ1n) is 8.94. The summed E-state index contributed by atoms with van der Waals surface area (Å²) in [6.45, 7) is 4.50. The topological polar surface area (TPSA) is 45.5 Å². The van der Waals surface area contributed by atoms with E-state index in [1.54, 1.807) is 0 Å². The summed E-state index contributed by atoms with van der Waals surface area (Å²) in [5.74, 6) is 0.254. The van der Waals surface area contributed by atoms with Crippen LogP contribution in [0.15, 0.2) is 52.9 Å². The standard InChI is InChI=1S/C22H26N2O2/c1-15-9-8-12-19-16(2)21(26-20(15)19)22(25)23-14-18(24(3)4)13-17-10-6-5-7-11-17/h5-12,18H,13-14H2,1-4H3,(H,23,25). The minimum Gasteiger partial charge on any atom is -0.450 e. The number of furan rings is 1. The highest BCUT2D eigenvalue weighted by atomic mass is 16.3. The maximum absolute atomic E-state index is 12.7. The van der Waals surface area contributed by atoms with Gasteiger partial charge in [0.15, 0.2) is 5.76 Å². The van der Waals surface area contributed by atoms with E-state index in [9.17, 15) is 4.79 Å². The largest absolute Gasteiger partial charge is 0.450 e. The zero-order valence-electron chi connectivity index (χ0n) is 15.9. The van der Waals surface area contributed by atoms with Crippen molar-refractivity contribution >= 4 is 16.9 Å². The molecule has 4 heteroatoms. The van der Waals surface area contributed by atoms with Crippen LogP contribution >= 0.6 is 0 Å². The summed E-state index contributed by atoms with van der Waals surface area (Å²) in [5, 5.41) is 4.05. The van der Waals surface area contributed by atoms with Crippen LogP contribution in [-0.4, -0.2) is 37.5 Å². The number of hydrogen-bond acceptors (Lipinski definition) is 3. The van der Waals surface area contributed by atoms with Crippen LogP contribution in [0.1, 0.15) is 27.2 Å². The summed E-state index contributed by atoms with van der Waals surface area (Å²) < 4.78 is 5.88. The Kier molecular flexibility index (Phi) is 5.43. The van der Waals surface area contributed by atoms with Crippen LogP contribution in [0.25, 0.3) is 11.0 Å². The molecule has 1 aromatic heterocycles. The van der Waals surface area contributed by atoms with Crippen molar-refractivity contribution in [3.63, 3.8) is 0 Å². The van der Waals surface area contributed by atoms with Crippen molar-refractivity contribution in [3.05, 3.63) is 71.0 Å². The van der Waals surface area contributed by atoms with Crippen LogP contribution in [0.3, 0.4) is 0 Å². The number of nitrogens with zero attached hydrogens (tertiary/aromatic N) is 1. The Morgan fingerprint density at radius 2 is 1.81 bits per heavy atom. The molecule has 2 aromatic carbocycles. The van der Waals surface area contributed by atoms with Gasteiger partial charge in [0.05, 0.1) is 0 Å². The number of carbonyl (C=O) groups excluding carboxylic acids is 1. The lowest BCUT2D eigenvalue weighted by Gasteiger charge is -2.24. The third-order valence-corrected chi connectivity index (χ3v) is 4.91. The zero-order valence-corrected chi connectivity index (χ0v) is 15.9. The lowest BCUT2D eigenvalue weighted by molar-refractivity contribution is 0.0915. The van der Waals surface area contributed by atoms with E-state index in [1.165, 1.54) is 5.56 Å². The first kappa shape index (κ1) is 18.2. The molecule has 1 N–H and O–H groups in total. The van der Waals surface area contributed by atoms with Gasteiger partial charge in [0, 0.05) is 23.5 Å². The average molecular weight is 350 g/mol. The van der Waals surface area contributed by atoms with Crippen LogP contribution in [-0.2, 0) is 6.42 Å². The SMILES string of the molecule is Cc1c(C(=O)NCC(Cc2ccccc2)N(C)C)oc2c(C)cccc12. The number of para-hydroxylation sites is 1. The number of nitrogens with one attached hydrogen (secondary N) is 1. The summed E-state index contributed by atoms with van der Waals surface area (Å²) in [6, 6.07) is 16.5. The van der Waals surface area contributed by atoms with Gasteiger partial charge in [-0.1, -0.05) is 48.5 Å². The molecule has 0 saturated carbocycles. The third kappa shape index (κ3) is 3.81. The molecular formula is C22H26N2O2. The van der Waals surface area contributed by atoms with Gasteiger partial charge in [-0.3, -0.25) is 4.79 Å². The summed E-state index contributed by atoms with van der Waals surface area (Å²) in [6.07, 6.45) is 0.881. The van der Waals surface area contributed by atoms with Crippen LogP contribution in [0.2, 0.25) is 0 Å². The first-order chi connectivity index (χ1) is 12.5. The molecule has 1 heterocycles. The molecule has 3 rings (SSSR count). The van der Waals surface area contributed by atoms with Gasteiger partial charge in [0.25, 0.3) is 5.91 Å². The fraction of sp³-hybridized carbons (Fsp3) is 0.318. The van der Waals surface area contributed by atoms with Crippen molar-refractivity contribution in [2.24, 2.45) is 0 Å². The maximum atomic E-state index is 12.7. The normalized spacial score (nSPS) is 12.5. The van der Waals surface area contributed by atoms with Crippen LogP contribution in [0.4, 0.5) is 0 Å². The average Bonchev–Trinajstić information content (AvgIpc) is 2.97. The molecule has 0 aliphatic rings. The smallest absolute Gasteiger partial charge is 0.287 e. The zero-order chi connectivity index (χ0) is 18.7. The Bertz CT molecular complexity index is 897. The van der Waals surface area contributed by atoms with E-state index in [-0.39, 0.29) is 11.9 Å². The van der Waals surface area contributed by atoms with E-state index in [1.807, 2.05) is 64.3 Å². The Morgan fingerprint density at radius 3 is 2.46 bits per heavy atom. The van der Waals surface area contributed by atoms with Gasteiger partial charge in [-0.15, -0.1) is 0 Å². The maximum Gasteiger partial charge on any atom is 0.287 e. The van der Waals surface area contributed by atoms with E-state index < -0.39 is 0 Å². The third-order valence-electron chi connectivity index (χ3n) is 4.91. The predicted octanol–water partition coefficient (Wildman–Crippen LogP) is 3.95. The van der Waals surface area contributed by atoms with E-state index >= 15 is 0 Å². The number of fused-ring (bicyclic) bond motifs is 1. The van der Waals surface area contributed by atoms with Gasteiger partial charge in [0.1, 0.15) is 5.58 Å². The van der Waals surface area contributed by atoms with Crippen molar-refractivity contribution in [1.82, 2.24) is 10.2 Å². The number of carbonyl (C=O) groups is 1. The quantitative estimate of drug-likeness (QED) is 0.732. The molecule has 0 aliphatic heterocycles. The molecule has 1 unspecified atom stereocenters. The summed E-state index contributed by atoms with van der Waals surface area (Å²) in [5.41, 5.74) is 3.99. The second kappa shape index (κ2) is 7.75. The molecular weight excluding hydrogens is 324 g/mol. The number of hydrogen-bond donors (Lipinski definition) is 1. The van der Waals surface area contributed by atoms with Crippen molar-refractivity contribution in [2.75, 3.05) is 20.6 Å². The Hall–Kier alpha value is -2.59. The second-order valence-corrected chi connectivity index (χ2v) is 7.02. The van der Waals surface area contributed by atoms with E-state index in [0.29, 0.717) is 12.3 Å². The highest BCUT2D eigenvalue weighted by molar-refractivity contribution is 5.99. The van der Waals surface area contributed by atoms with Crippen molar-refractivity contribution in [3.8, 4) is 0 Å². The second-order valence-electron chi connectivity index (χ2n) is 7.02. The van der Waals surface area contributed by atoms with Crippen LogP contribution in [0.5, 0.6) is 0 Å². The number of rotatable bonds is 6. The van der Waals surface area contributed by atoms with Gasteiger partial charge in [-0.05, 0) is 45.5 Å². The molecule has 0 saturated heterocycles. The Labute approximate surface area is 154 Å². The molecule has 1 amide bonds. The van der Waals surface area contributed by atoms with Gasteiger partial charge >= 0.3 is 0 Å². The minimum atomic E-state index is -0.155. The molecule has 0 spiro atoms. The number of benzene rings is 2. The number of aryl methyl sites for hydroxylation is 2. The molecule has 3 aromatic rings. The van der Waals surface area contributed by atoms with Crippen LogP contribution in [0, 0.1) is 13.8 Å². The molecule has 136 valence electrons. The monoisotopic (exact) mass is 350 g/mol. The molecule has 4 nitrogen and oxygen atoms in total. The van der Waals surface area contributed by atoms with Gasteiger partial charge in [-0.2, -0.15) is 0 Å². The van der Waals surface area contributed by atoms with Crippen LogP contribution < -0.4 is 5.32 Å². The van der Waals surface area contributed by atoms with E-state index in [0.717, 1.165) is 28.5 Å². The molecule has 1 atom stereocenters. The minimum absolute atomic E-state index is 0.155. The Balaban J connectivity index is 1.73. The molecule has 0 aliphatic carbocycles. The lowest BCUT2D eigenvalue weighted by Crippen LogP contribution is -2.41. The highest BCUT2D eigenvalue weighted by Crippen LogP contribution is 2.27. The van der Waals surface area contributed by atoms with Crippen molar-refractivity contribution in [2.45, 2.75) is 26.3 Å². The fourth-order valence-electron chi connectivity index (χ4n) is 3.22. The molecule has 26 heavy (non-hydrogen) atoms. The predicted molar refractivity (Wildman–Crippen MR) is 106 cm³/mol. The van der Waals surface area contributed by atoms with Crippen molar-refractivity contribution < 1.29 is 9.21 Å². The highest BCUT2D eigenvalue weighted by Gasteiger charge is 2.20. The fourth-order valence-corrected chi connectivity index (χ4v) is 3.22. The van der Waals surface area contributed by atoms with E-state index in [2.05, 4.69) is 22.3 Å². The van der Waals surface area contributed by atoms with E-state index in [4.69, 9.17) is 4.42 Å². The number of likely N-dealkylation sites (N-methyl/N-ethyl adjacent to an activating group) is 1. The molecule has 0 radical (unpaired) electrons. The first-order valence-corrected chi connectivity index (χ1v) is 8.94. The summed E-state index contributed by atoms with van der Waals surface area (Å²) in [4.78, 5) is 14.8. The lowest BCUT2D eigenvalue weighted by atomic mass is 10.1. The molecule has 0 fully saturated rings. The summed E-state index contributed by atoms with van der Waals surface area (Å²) >= 11 is 0.